The molecule has 3 N–H and O–H groups in total. The molecule has 0 rings (SSSR count). The number of hydrogen-bond acceptors (Lipinski definition) is 15. The Balaban J connectivity index is 5.18. The minimum Gasteiger partial charge on any atom is -0.462 e. The van der Waals surface area contributed by atoms with E-state index in [4.69, 9.17) is 37.0 Å². The monoisotopic (exact) mass is 1170 g/mol. The van der Waals surface area contributed by atoms with Gasteiger partial charge < -0.3 is 33.8 Å². The second-order valence-electron chi connectivity index (χ2n) is 22.2. The van der Waals surface area contributed by atoms with Gasteiger partial charge in [0.1, 0.15) is 19.3 Å². The average Bonchev–Trinajstić information content (AvgIpc) is 3.41. The Kier molecular flexibility index (Phi) is 52.7. The summed E-state index contributed by atoms with van der Waals surface area (Å²) in [5.41, 5.74) is 0. The number of aliphatic hydroxyl groups excluding tert-OH is 1. The molecule has 0 bridgehead atoms. The van der Waals surface area contributed by atoms with Crippen molar-refractivity contribution >= 4 is 39.5 Å². The Morgan fingerprint density at radius 2 is 0.582 bits per heavy atom. The van der Waals surface area contributed by atoms with Gasteiger partial charge in [0.25, 0.3) is 0 Å². The van der Waals surface area contributed by atoms with Crippen LogP contribution < -0.4 is 0 Å². The Labute approximate surface area is 479 Å². The van der Waals surface area contributed by atoms with E-state index in [1.807, 2.05) is 0 Å². The SMILES string of the molecule is CCCCCCCCCCCCCCCC(=O)O[C@H](COC(=O)CCCCCCCCCCCCC)COP(=O)(O)OC[C@@H](O)COP(=O)(O)OC[C@@H](COC(=O)CCCCCCC)OC(=O)CCCCCCCCCC(C)C. The molecule has 0 saturated heterocycles. The number of ether oxygens (including phenoxy) is 4. The Hall–Kier alpha value is -1.94. The standard InChI is InChI=1S/C60H116O17P2/c1-6-9-12-15-17-19-21-22-24-26-30-35-40-45-59(64)77-56(50-71-58(63)44-39-34-29-25-23-20-18-16-13-10-7-2)52-75-79(68,69)73-48-54(61)47-72-78(66,67)74-51-55(49-70-57(62)43-38-32-14-11-8-3)76-60(65)46-41-36-31-27-28-33-37-42-53(4)5/h53-56,61H,6-52H2,1-5H3,(H,66,67)(H,68,69)/t54-,55+,56+/m0/s1. The third-order valence-corrected chi connectivity index (χ3v) is 15.7. The minimum absolute atomic E-state index is 0.103. The van der Waals surface area contributed by atoms with Crippen molar-refractivity contribution in [2.75, 3.05) is 39.6 Å². The molecule has 0 aliphatic heterocycles. The van der Waals surface area contributed by atoms with E-state index >= 15 is 0 Å². The summed E-state index contributed by atoms with van der Waals surface area (Å²) in [5, 5.41) is 10.5. The number of rotatable bonds is 60. The zero-order valence-corrected chi connectivity index (χ0v) is 52.3. The zero-order chi connectivity index (χ0) is 58.5. The lowest BCUT2D eigenvalue weighted by atomic mass is 10.0. The molecule has 0 amide bonds. The van der Waals surface area contributed by atoms with E-state index in [1.165, 1.54) is 116 Å². The molecule has 17 nitrogen and oxygen atoms in total. The molecule has 0 heterocycles. The maximum Gasteiger partial charge on any atom is 0.472 e. The summed E-state index contributed by atoms with van der Waals surface area (Å²) in [5.74, 6) is -1.45. The molecular formula is C60H116O17P2. The van der Waals surface area contributed by atoms with Crippen LogP contribution in [-0.4, -0.2) is 96.7 Å². The van der Waals surface area contributed by atoms with Crippen molar-refractivity contribution in [3.63, 3.8) is 0 Å². The lowest BCUT2D eigenvalue weighted by Crippen LogP contribution is -2.30. The number of aliphatic hydroxyl groups is 1. The largest absolute Gasteiger partial charge is 0.472 e. The predicted octanol–water partition coefficient (Wildman–Crippen LogP) is 16.2. The molecule has 79 heavy (non-hydrogen) atoms. The number of unbranched alkanes of at least 4 members (excludes halogenated alkanes) is 32. The van der Waals surface area contributed by atoms with E-state index in [2.05, 4.69) is 34.6 Å². The molecule has 0 aromatic heterocycles. The first-order valence-electron chi connectivity index (χ1n) is 31.6. The van der Waals surface area contributed by atoms with Crippen molar-refractivity contribution < 1.29 is 80.2 Å². The van der Waals surface area contributed by atoms with Gasteiger partial charge in [0.05, 0.1) is 26.4 Å². The summed E-state index contributed by atoms with van der Waals surface area (Å²) in [6, 6.07) is 0. The number of phosphoric ester groups is 2. The number of phosphoric acid groups is 2. The van der Waals surface area contributed by atoms with E-state index in [0.29, 0.717) is 31.6 Å². The van der Waals surface area contributed by atoms with Crippen LogP contribution in [0.1, 0.15) is 298 Å². The van der Waals surface area contributed by atoms with Gasteiger partial charge in [-0.05, 0) is 31.6 Å². The highest BCUT2D eigenvalue weighted by Gasteiger charge is 2.30. The van der Waals surface area contributed by atoms with Crippen LogP contribution in [0.4, 0.5) is 0 Å². The fraction of sp³-hybridized carbons (Fsp3) is 0.933. The van der Waals surface area contributed by atoms with Crippen molar-refractivity contribution in [1.82, 2.24) is 0 Å². The summed E-state index contributed by atoms with van der Waals surface area (Å²) in [6.45, 7) is 7.01. The number of carbonyl (C=O) groups excluding carboxylic acids is 4. The predicted molar refractivity (Wildman–Crippen MR) is 312 cm³/mol. The highest BCUT2D eigenvalue weighted by Crippen LogP contribution is 2.45. The van der Waals surface area contributed by atoms with E-state index in [1.54, 1.807) is 0 Å². The quantitative estimate of drug-likeness (QED) is 0.0222. The van der Waals surface area contributed by atoms with Gasteiger partial charge in [-0.3, -0.25) is 37.3 Å². The summed E-state index contributed by atoms with van der Waals surface area (Å²) >= 11 is 0. The van der Waals surface area contributed by atoms with Crippen molar-refractivity contribution in [3.05, 3.63) is 0 Å². The van der Waals surface area contributed by atoms with Gasteiger partial charge in [-0.1, -0.05) is 247 Å². The molecule has 5 atom stereocenters. The van der Waals surface area contributed by atoms with Gasteiger partial charge in [-0.25, -0.2) is 9.13 Å². The molecule has 0 saturated carbocycles. The highest BCUT2D eigenvalue weighted by molar-refractivity contribution is 7.47. The van der Waals surface area contributed by atoms with Gasteiger partial charge in [-0.2, -0.15) is 0 Å². The average molecular weight is 1170 g/mol. The van der Waals surface area contributed by atoms with Gasteiger partial charge in [0.15, 0.2) is 12.2 Å². The number of carbonyl (C=O) groups is 4. The lowest BCUT2D eigenvalue weighted by Gasteiger charge is -2.21. The first kappa shape index (κ1) is 77.1. The zero-order valence-electron chi connectivity index (χ0n) is 50.5. The molecule has 19 heteroatoms. The lowest BCUT2D eigenvalue weighted by molar-refractivity contribution is -0.161. The fourth-order valence-electron chi connectivity index (χ4n) is 8.88. The van der Waals surface area contributed by atoms with E-state index in [0.717, 1.165) is 96.3 Å². The molecule has 0 spiro atoms. The van der Waals surface area contributed by atoms with Gasteiger partial charge in [-0.15, -0.1) is 0 Å². The number of hydrogen-bond donors (Lipinski definition) is 3. The second kappa shape index (κ2) is 54.0. The van der Waals surface area contributed by atoms with Crippen molar-refractivity contribution in [2.45, 2.75) is 316 Å². The van der Waals surface area contributed by atoms with Crippen LogP contribution in [0.25, 0.3) is 0 Å². The van der Waals surface area contributed by atoms with E-state index < -0.39 is 97.5 Å². The third-order valence-electron chi connectivity index (χ3n) is 13.8. The van der Waals surface area contributed by atoms with Gasteiger partial charge in [0.2, 0.25) is 0 Å². The van der Waals surface area contributed by atoms with Crippen LogP contribution in [-0.2, 0) is 65.4 Å². The summed E-state index contributed by atoms with van der Waals surface area (Å²) in [6.07, 6.45) is 36.5. The maximum atomic E-state index is 12.9. The van der Waals surface area contributed by atoms with Crippen LogP contribution in [0.3, 0.4) is 0 Å². The minimum atomic E-state index is -4.94. The molecule has 0 radical (unpaired) electrons. The Bertz CT molecular complexity index is 1550. The van der Waals surface area contributed by atoms with Crippen LogP contribution in [0.15, 0.2) is 0 Å². The molecule has 468 valence electrons. The van der Waals surface area contributed by atoms with Crippen LogP contribution in [0, 0.1) is 5.92 Å². The maximum absolute atomic E-state index is 12.9. The summed E-state index contributed by atoms with van der Waals surface area (Å²) in [7, 11) is -9.87. The number of esters is 4. The molecule has 0 aliphatic rings. The first-order chi connectivity index (χ1) is 38.0. The van der Waals surface area contributed by atoms with E-state index in [9.17, 15) is 43.2 Å². The molecule has 0 aromatic carbocycles. The molecule has 0 aromatic rings. The first-order valence-corrected chi connectivity index (χ1v) is 34.6. The van der Waals surface area contributed by atoms with Crippen molar-refractivity contribution in [1.29, 1.82) is 0 Å². The summed E-state index contributed by atoms with van der Waals surface area (Å²) < 4.78 is 67.6. The van der Waals surface area contributed by atoms with Crippen molar-refractivity contribution in [2.24, 2.45) is 5.92 Å². The topological polar surface area (TPSA) is 237 Å². The molecule has 0 aliphatic carbocycles. The fourth-order valence-corrected chi connectivity index (χ4v) is 10.5. The normalized spacial score (nSPS) is 14.3. The van der Waals surface area contributed by atoms with Crippen LogP contribution in [0.5, 0.6) is 0 Å². The van der Waals surface area contributed by atoms with Gasteiger partial charge >= 0.3 is 39.5 Å². The van der Waals surface area contributed by atoms with Crippen molar-refractivity contribution in [3.8, 4) is 0 Å². The highest BCUT2D eigenvalue weighted by atomic mass is 31.2. The smallest absolute Gasteiger partial charge is 0.462 e. The molecule has 0 fully saturated rings. The molecule has 2 unspecified atom stereocenters. The second-order valence-corrected chi connectivity index (χ2v) is 25.1. The Morgan fingerprint density at radius 3 is 0.861 bits per heavy atom. The van der Waals surface area contributed by atoms with Crippen LogP contribution in [0.2, 0.25) is 0 Å². The van der Waals surface area contributed by atoms with E-state index in [-0.39, 0.29) is 25.7 Å². The summed E-state index contributed by atoms with van der Waals surface area (Å²) in [4.78, 5) is 71.8. The van der Waals surface area contributed by atoms with Crippen LogP contribution >= 0.6 is 15.6 Å². The Morgan fingerprint density at radius 1 is 0.342 bits per heavy atom. The molecular weight excluding hydrogens is 1050 g/mol. The van der Waals surface area contributed by atoms with Gasteiger partial charge in [0, 0.05) is 25.7 Å². The third kappa shape index (κ3) is 55.0.